The highest BCUT2D eigenvalue weighted by Gasteiger charge is 2.27. The number of rotatable bonds is 5. The molecule has 18 heavy (non-hydrogen) atoms. The highest BCUT2D eigenvalue weighted by molar-refractivity contribution is 5.76. The fourth-order valence-corrected chi connectivity index (χ4v) is 1.87. The maximum atomic E-state index is 13.7. The van der Waals surface area contributed by atoms with Gasteiger partial charge in [-0.3, -0.25) is 9.69 Å². The molecule has 0 aliphatic carbocycles. The number of ether oxygens (including phenoxy) is 1. The number of likely N-dealkylation sites (N-methyl/N-ethyl adjacent to an activating group) is 1. The fraction of sp³-hybridized carbons (Fsp3) is 0.462. The number of carbonyl (C=O) groups excluding carboxylic acids is 1. The third kappa shape index (κ3) is 3.05. The molecule has 5 heteroatoms. The lowest BCUT2D eigenvalue weighted by Gasteiger charge is -2.30. The van der Waals surface area contributed by atoms with Gasteiger partial charge in [-0.05, 0) is 20.0 Å². The Bertz CT molecular complexity index is 412. The summed E-state index contributed by atoms with van der Waals surface area (Å²) >= 11 is 0. The standard InChI is InChI=1S/C13H19FN2O2/c1-9(10-6-4-5-7-11(10)14)16(2)12(8-15)13(17)18-3/h4-7,9,12H,8,15H2,1-3H3. The van der Waals surface area contributed by atoms with E-state index in [9.17, 15) is 9.18 Å². The van der Waals surface area contributed by atoms with E-state index in [4.69, 9.17) is 5.73 Å². The van der Waals surface area contributed by atoms with Crippen molar-refractivity contribution in [3.8, 4) is 0 Å². The highest BCUT2D eigenvalue weighted by Crippen LogP contribution is 2.23. The van der Waals surface area contributed by atoms with Crippen LogP contribution in [0.25, 0.3) is 0 Å². The lowest BCUT2D eigenvalue weighted by Crippen LogP contribution is -2.45. The van der Waals surface area contributed by atoms with Crippen molar-refractivity contribution in [2.45, 2.75) is 19.0 Å². The van der Waals surface area contributed by atoms with Gasteiger partial charge in [0.15, 0.2) is 0 Å². The van der Waals surface area contributed by atoms with Crippen LogP contribution in [0.15, 0.2) is 24.3 Å². The van der Waals surface area contributed by atoms with E-state index in [1.807, 2.05) is 6.92 Å². The Labute approximate surface area is 107 Å². The number of esters is 1. The highest BCUT2D eigenvalue weighted by atomic mass is 19.1. The second kappa shape index (κ2) is 6.47. The van der Waals surface area contributed by atoms with Crippen molar-refractivity contribution in [2.75, 3.05) is 20.7 Å². The maximum absolute atomic E-state index is 13.7. The fourth-order valence-electron chi connectivity index (χ4n) is 1.87. The van der Waals surface area contributed by atoms with Crippen LogP contribution in [0.4, 0.5) is 4.39 Å². The van der Waals surface area contributed by atoms with Crippen LogP contribution in [0.5, 0.6) is 0 Å². The van der Waals surface area contributed by atoms with Gasteiger partial charge < -0.3 is 10.5 Å². The SMILES string of the molecule is COC(=O)C(CN)N(C)C(C)c1ccccc1F. The molecule has 100 valence electrons. The monoisotopic (exact) mass is 254 g/mol. The average Bonchev–Trinajstić information content (AvgIpc) is 2.38. The average molecular weight is 254 g/mol. The molecule has 0 saturated heterocycles. The minimum Gasteiger partial charge on any atom is -0.468 e. The lowest BCUT2D eigenvalue weighted by molar-refractivity contribution is -0.146. The predicted octanol–water partition coefficient (Wildman–Crippen LogP) is 1.32. The molecule has 0 bridgehead atoms. The molecule has 0 fully saturated rings. The first-order chi connectivity index (χ1) is 8.52. The Hall–Kier alpha value is -1.46. The largest absolute Gasteiger partial charge is 0.468 e. The Morgan fingerprint density at radius 3 is 2.61 bits per heavy atom. The summed E-state index contributed by atoms with van der Waals surface area (Å²) in [7, 11) is 3.04. The third-order valence-corrected chi connectivity index (χ3v) is 3.15. The number of hydrogen-bond acceptors (Lipinski definition) is 4. The van der Waals surface area contributed by atoms with Crippen LogP contribution in [-0.4, -0.2) is 37.6 Å². The van der Waals surface area contributed by atoms with Crippen molar-refractivity contribution in [1.82, 2.24) is 4.90 Å². The number of benzene rings is 1. The Kier molecular flexibility index (Phi) is 5.25. The summed E-state index contributed by atoms with van der Waals surface area (Å²) in [6.45, 7) is 1.95. The van der Waals surface area contributed by atoms with Gasteiger partial charge in [0.05, 0.1) is 7.11 Å². The molecule has 2 unspecified atom stereocenters. The Balaban J connectivity index is 2.92. The summed E-state index contributed by atoms with van der Waals surface area (Å²) < 4.78 is 18.4. The smallest absolute Gasteiger partial charge is 0.324 e. The first kappa shape index (κ1) is 14.6. The lowest BCUT2D eigenvalue weighted by atomic mass is 10.0. The van der Waals surface area contributed by atoms with E-state index in [2.05, 4.69) is 4.74 Å². The van der Waals surface area contributed by atoms with Gasteiger partial charge in [-0.15, -0.1) is 0 Å². The van der Waals surface area contributed by atoms with Crippen molar-refractivity contribution in [2.24, 2.45) is 5.73 Å². The van der Waals surface area contributed by atoms with Gasteiger partial charge in [0.1, 0.15) is 11.9 Å². The quantitative estimate of drug-likeness (QED) is 0.805. The minimum atomic E-state index is -0.579. The molecule has 0 radical (unpaired) electrons. The molecule has 0 saturated carbocycles. The van der Waals surface area contributed by atoms with Gasteiger partial charge in [-0.25, -0.2) is 4.39 Å². The van der Waals surface area contributed by atoms with Gasteiger partial charge >= 0.3 is 5.97 Å². The van der Waals surface area contributed by atoms with Gasteiger partial charge in [-0.1, -0.05) is 18.2 Å². The summed E-state index contributed by atoms with van der Waals surface area (Å²) in [6, 6.07) is 5.64. The van der Waals surface area contributed by atoms with Crippen molar-refractivity contribution in [3.63, 3.8) is 0 Å². The molecule has 0 amide bonds. The van der Waals surface area contributed by atoms with Crippen molar-refractivity contribution < 1.29 is 13.9 Å². The second-order valence-electron chi connectivity index (χ2n) is 4.14. The summed E-state index contributed by atoms with van der Waals surface area (Å²) in [5, 5.41) is 0. The van der Waals surface area contributed by atoms with E-state index >= 15 is 0 Å². The molecule has 0 aliphatic heterocycles. The van der Waals surface area contributed by atoms with E-state index in [0.29, 0.717) is 5.56 Å². The first-order valence-electron chi connectivity index (χ1n) is 5.77. The predicted molar refractivity (Wildman–Crippen MR) is 67.4 cm³/mol. The molecule has 1 aromatic rings. The van der Waals surface area contributed by atoms with Crippen LogP contribution in [-0.2, 0) is 9.53 Å². The van der Waals surface area contributed by atoms with Crippen LogP contribution < -0.4 is 5.73 Å². The van der Waals surface area contributed by atoms with E-state index < -0.39 is 12.0 Å². The molecule has 0 aromatic heterocycles. The van der Waals surface area contributed by atoms with Crippen LogP contribution in [0.1, 0.15) is 18.5 Å². The number of carbonyl (C=O) groups is 1. The van der Waals surface area contributed by atoms with Crippen LogP contribution in [0, 0.1) is 5.82 Å². The summed E-state index contributed by atoms with van der Waals surface area (Å²) in [5.41, 5.74) is 6.10. The maximum Gasteiger partial charge on any atom is 0.324 e. The third-order valence-electron chi connectivity index (χ3n) is 3.15. The second-order valence-corrected chi connectivity index (χ2v) is 4.14. The molecule has 1 rings (SSSR count). The normalized spacial score (nSPS) is 14.3. The van der Waals surface area contributed by atoms with E-state index in [-0.39, 0.29) is 18.4 Å². The summed E-state index contributed by atoms with van der Waals surface area (Å²) in [6.07, 6.45) is 0. The zero-order chi connectivity index (χ0) is 13.7. The number of halogens is 1. The zero-order valence-electron chi connectivity index (χ0n) is 10.9. The minimum absolute atomic E-state index is 0.127. The number of nitrogens with two attached hydrogens (primary N) is 1. The molecule has 1 aromatic carbocycles. The first-order valence-corrected chi connectivity index (χ1v) is 5.77. The van der Waals surface area contributed by atoms with Crippen LogP contribution in [0.2, 0.25) is 0 Å². The van der Waals surface area contributed by atoms with Crippen molar-refractivity contribution in [3.05, 3.63) is 35.6 Å². The van der Waals surface area contributed by atoms with Crippen molar-refractivity contribution in [1.29, 1.82) is 0 Å². The Morgan fingerprint density at radius 1 is 1.50 bits per heavy atom. The molecule has 4 nitrogen and oxygen atoms in total. The number of hydrogen-bond donors (Lipinski definition) is 1. The molecule has 0 heterocycles. The van der Waals surface area contributed by atoms with Gasteiger partial charge in [0.25, 0.3) is 0 Å². The van der Waals surface area contributed by atoms with Crippen molar-refractivity contribution >= 4 is 5.97 Å². The van der Waals surface area contributed by atoms with Gasteiger partial charge in [0, 0.05) is 18.2 Å². The number of nitrogens with zero attached hydrogens (tertiary/aromatic N) is 1. The molecule has 0 aliphatic rings. The molecule has 2 N–H and O–H groups in total. The summed E-state index contributed by atoms with van der Waals surface area (Å²) in [4.78, 5) is 13.3. The van der Waals surface area contributed by atoms with Crippen LogP contribution >= 0.6 is 0 Å². The van der Waals surface area contributed by atoms with E-state index in [1.165, 1.54) is 13.2 Å². The summed E-state index contributed by atoms with van der Waals surface area (Å²) in [5.74, 6) is -0.708. The molecule has 0 spiro atoms. The van der Waals surface area contributed by atoms with E-state index in [0.717, 1.165) is 0 Å². The Morgan fingerprint density at radius 2 is 2.11 bits per heavy atom. The molecule has 2 atom stereocenters. The molecular formula is C13H19FN2O2. The number of methoxy groups -OCH3 is 1. The zero-order valence-corrected chi connectivity index (χ0v) is 10.9. The van der Waals surface area contributed by atoms with Gasteiger partial charge in [0.2, 0.25) is 0 Å². The van der Waals surface area contributed by atoms with Crippen LogP contribution in [0.3, 0.4) is 0 Å². The van der Waals surface area contributed by atoms with E-state index in [1.54, 1.807) is 30.1 Å². The molecular weight excluding hydrogens is 235 g/mol. The van der Waals surface area contributed by atoms with Gasteiger partial charge in [-0.2, -0.15) is 0 Å². The topological polar surface area (TPSA) is 55.6 Å².